The number of benzene rings is 2. The van der Waals surface area contributed by atoms with E-state index in [-0.39, 0.29) is 6.04 Å². The van der Waals surface area contributed by atoms with E-state index in [9.17, 15) is 0 Å². The molecule has 2 aromatic carbocycles. The van der Waals surface area contributed by atoms with Crippen LogP contribution in [0.5, 0.6) is 5.75 Å². The van der Waals surface area contributed by atoms with Crippen LogP contribution in [0.25, 0.3) is 10.9 Å². The lowest BCUT2D eigenvalue weighted by Gasteiger charge is -2.17. The van der Waals surface area contributed by atoms with Gasteiger partial charge < -0.3 is 10.5 Å². The van der Waals surface area contributed by atoms with Gasteiger partial charge in [0.1, 0.15) is 5.75 Å². The molecular weight excluding hydrogens is 260 g/mol. The van der Waals surface area contributed by atoms with Crippen LogP contribution in [0.1, 0.15) is 24.1 Å². The summed E-state index contributed by atoms with van der Waals surface area (Å²) in [6.07, 6.45) is 1.80. The van der Waals surface area contributed by atoms with E-state index < -0.39 is 0 Å². The van der Waals surface area contributed by atoms with Crippen LogP contribution in [-0.4, -0.2) is 11.6 Å². The number of para-hydroxylation sites is 1. The third-order valence-electron chi connectivity index (χ3n) is 3.54. The second-order valence-electron chi connectivity index (χ2n) is 4.90. The van der Waals surface area contributed by atoms with Gasteiger partial charge in [-0.2, -0.15) is 0 Å². The van der Waals surface area contributed by atoms with Gasteiger partial charge in [-0.25, -0.2) is 0 Å². The van der Waals surface area contributed by atoms with Gasteiger partial charge in [-0.1, -0.05) is 36.4 Å². The molecule has 0 aliphatic heterocycles. The quantitative estimate of drug-likeness (QED) is 0.792. The van der Waals surface area contributed by atoms with E-state index >= 15 is 0 Å². The van der Waals surface area contributed by atoms with Crippen molar-refractivity contribution >= 4 is 10.9 Å². The van der Waals surface area contributed by atoms with Gasteiger partial charge in [0.05, 0.1) is 18.2 Å². The minimum absolute atomic E-state index is 0.223. The average Bonchev–Trinajstić information content (AvgIpc) is 2.54. The zero-order valence-electron chi connectivity index (χ0n) is 12.0. The number of hydrogen-bond donors (Lipinski definition) is 1. The fourth-order valence-electron chi connectivity index (χ4n) is 2.48. The molecular formula is C18H18N2O. The highest BCUT2D eigenvalue weighted by Crippen LogP contribution is 2.29. The molecule has 0 saturated heterocycles. The maximum Gasteiger partial charge on any atom is 0.124 e. The highest BCUT2D eigenvalue weighted by molar-refractivity contribution is 5.79. The van der Waals surface area contributed by atoms with Gasteiger partial charge >= 0.3 is 0 Å². The molecule has 0 spiro atoms. The van der Waals surface area contributed by atoms with Crippen molar-refractivity contribution < 1.29 is 4.74 Å². The Balaban J connectivity index is 2.02. The van der Waals surface area contributed by atoms with Gasteiger partial charge in [0.25, 0.3) is 0 Å². The van der Waals surface area contributed by atoms with Gasteiger partial charge in [0, 0.05) is 17.1 Å². The Kier molecular flexibility index (Phi) is 3.84. The van der Waals surface area contributed by atoms with Crippen molar-refractivity contribution in [3.63, 3.8) is 0 Å². The van der Waals surface area contributed by atoms with Crippen molar-refractivity contribution in [3.05, 3.63) is 71.9 Å². The van der Waals surface area contributed by atoms with E-state index in [0.29, 0.717) is 6.61 Å². The first-order chi connectivity index (χ1) is 10.3. The third kappa shape index (κ3) is 2.73. The SMILES string of the molecule is CCOc1ccccc1C(N)c1ccc2cccnc2c1. The van der Waals surface area contributed by atoms with Crippen LogP contribution in [0.4, 0.5) is 0 Å². The molecule has 1 atom stereocenters. The Morgan fingerprint density at radius 2 is 1.95 bits per heavy atom. The maximum absolute atomic E-state index is 6.43. The van der Waals surface area contributed by atoms with E-state index in [1.165, 1.54) is 0 Å². The van der Waals surface area contributed by atoms with E-state index in [1.807, 2.05) is 49.4 Å². The van der Waals surface area contributed by atoms with Crippen LogP contribution < -0.4 is 10.5 Å². The zero-order valence-corrected chi connectivity index (χ0v) is 12.0. The molecule has 3 rings (SSSR count). The lowest BCUT2D eigenvalue weighted by atomic mass is 9.97. The van der Waals surface area contributed by atoms with Crippen molar-refractivity contribution in [2.75, 3.05) is 6.61 Å². The Hall–Kier alpha value is -2.39. The summed E-state index contributed by atoms with van der Waals surface area (Å²) >= 11 is 0. The first-order valence-corrected chi connectivity index (χ1v) is 7.11. The van der Waals surface area contributed by atoms with Crippen LogP contribution in [0.3, 0.4) is 0 Å². The largest absolute Gasteiger partial charge is 0.494 e. The Morgan fingerprint density at radius 3 is 2.81 bits per heavy atom. The summed E-state index contributed by atoms with van der Waals surface area (Å²) in [5, 5.41) is 1.12. The fourth-order valence-corrected chi connectivity index (χ4v) is 2.48. The van der Waals surface area contributed by atoms with Crippen LogP contribution in [-0.2, 0) is 0 Å². The summed E-state index contributed by atoms with van der Waals surface area (Å²) in [5.41, 5.74) is 9.42. The standard InChI is InChI=1S/C18H18N2O/c1-2-21-17-8-4-3-7-15(17)18(19)14-10-9-13-6-5-11-20-16(13)12-14/h3-12,18H,2,19H2,1H3. The molecule has 0 radical (unpaired) electrons. The van der Waals surface area contributed by atoms with Crippen LogP contribution >= 0.6 is 0 Å². The molecule has 3 heteroatoms. The van der Waals surface area contributed by atoms with Gasteiger partial charge in [-0.05, 0) is 30.7 Å². The van der Waals surface area contributed by atoms with Crippen LogP contribution in [0, 0.1) is 0 Å². The lowest BCUT2D eigenvalue weighted by molar-refractivity contribution is 0.335. The zero-order chi connectivity index (χ0) is 14.7. The molecule has 0 bridgehead atoms. The molecule has 0 aliphatic carbocycles. The monoisotopic (exact) mass is 278 g/mol. The Labute approximate surface area is 124 Å². The molecule has 0 amide bonds. The number of rotatable bonds is 4. The predicted molar refractivity (Wildman–Crippen MR) is 85.4 cm³/mol. The van der Waals surface area contributed by atoms with Crippen LogP contribution in [0.15, 0.2) is 60.8 Å². The van der Waals surface area contributed by atoms with Crippen molar-refractivity contribution in [1.29, 1.82) is 0 Å². The van der Waals surface area contributed by atoms with Gasteiger partial charge in [-0.3, -0.25) is 4.98 Å². The topological polar surface area (TPSA) is 48.1 Å². The smallest absolute Gasteiger partial charge is 0.124 e. The molecule has 0 fully saturated rings. The molecule has 1 heterocycles. The molecule has 0 saturated carbocycles. The van der Waals surface area contributed by atoms with Crippen molar-refractivity contribution in [2.45, 2.75) is 13.0 Å². The van der Waals surface area contributed by atoms with Crippen LogP contribution in [0.2, 0.25) is 0 Å². The summed E-state index contributed by atoms with van der Waals surface area (Å²) < 4.78 is 5.67. The van der Waals surface area contributed by atoms with E-state index in [1.54, 1.807) is 6.20 Å². The summed E-state index contributed by atoms with van der Waals surface area (Å²) in [6.45, 7) is 2.60. The third-order valence-corrected chi connectivity index (χ3v) is 3.54. The molecule has 1 aromatic heterocycles. The number of pyridine rings is 1. The normalized spacial score (nSPS) is 12.3. The molecule has 106 valence electrons. The summed E-state index contributed by atoms with van der Waals surface area (Å²) in [4.78, 5) is 4.39. The van der Waals surface area contributed by atoms with E-state index in [0.717, 1.165) is 27.8 Å². The second-order valence-corrected chi connectivity index (χ2v) is 4.90. The Morgan fingerprint density at radius 1 is 1.10 bits per heavy atom. The number of ether oxygens (including phenoxy) is 1. The predicted octanol–water partition coefficient (Wildman–Crippen LogP) is 3.68. The van der Waals surface area contributed by atoms with E-state index in [4.69, 9.17) is 10.5 Å². The number of nitrogens with two attached hydrogens (primary N) is 1. The highest BCUT2D eigenvalue weighted by atomic mass is 16.5. The number of aromatic nitrogens is 1. The molecule has 0 aliphatic rings. The fraction of sp³-hybridized carbons (Fsp3) is 0.167. The number of fused-ring (bicyclic) bond motifs is 1. The lowest BCUT2D eigenvalue weighted by Crippen LogP contribution is -2.13. The minimum Gasteiger partial charge on any atom is -0.494 e. The molecule has 21 heavy (non-hydrogen) atoms. The summed E-state index contributed by atoms with van der Waals surface area (Å²) in [5.74, 6) is 0.841. The van der Waals surface area contributed by atoms with Gasteiger partial charge in [0.15, 0.2) is 0 Å². The van der Waals surface area contributed by atoms with Gasteiger partial charge in [-0.15, -0.1) is 0 Å². The maximum atomic E-state index is 6.43. The van der Waals surface area contributed by atoms with Crippen molar-refractivity contribution in [3.8, 4) is 5.75 Å². The summed E-state index contributed by atoms with van der Waals surface area (Å²) in [7, 11) is 0. The highest BCUT2D eigenvalue weighted by Gasteiger charge is 2.14. The number of nitrogens with zero attached hydrogens (tertiary/aromatic N) is 1. The number of hydrogen-bond acceptors (Lipinski definition) is 3. The van der Waals surface area contributed by atoms with E-state index in [2.05, 4.69) is 17.1 Å². The molecule has 1 unspecified atom stereocenters. The van der Waals surface area contributed by atoms with Gasteiger partial charge in [0.2, 0.25) is 0 Å². The first-order valence-electron chi connectivity index (χ1n) is 7.11. The summed E-state index contributed by atoms with van der Waals surface area (Å²) in [6, 6.07) is 17.8. The minimum atomic E-state index is -0.223. The Bertz CT molecular complexity index is 755. The first kappa shape index (κ1) is 13.6. The average molecular weight is 278 g/mol. The second kappa shape index (κ2) is 5.94. The van der Waals surface area contributed by atoms with Crippen molar-refractivity contribution in [2.24, 2.45) is 5.73 Å². The molecule has 3 aromatic rings. The van der Waals surface area contributed by atoms with Crippen molar-refractivity contribution in [1.82, 2.24) is 4.98 Å². The molecule has 2 N–H and O–H groups in total. The molecule has 3 nitrogen and oxygen atoms in total.